The second kappa shape index (κ2) is 4.89. The van der Waals surface area contributed by atoms with Crippen molar-refractivity contribution in [3.05, 3.63) is 56.1 Å². The number of nitrogens with one attached hydrogen (secondary N) is 1. The number of hydrogen-bond donors (Lipinski definition) is 2. The number of carboxylic acid groups (broad SMARTS) is 1. The molecule has 0 bridgehead atoms. The zero-order chi connectivity index (χ0) is 15.1. The van der Waals surface area contributed by atoms with Crippen LogP contribution in [-0.4, -0.2) is 20.6 Å². The molecule has 1 aromatic carbocycles. The molecule has 2 aromatic heterocycles. The van der Waals surface area contributed by atoms with Crippen LogP contribution in [0.15, 0.2) is 35.1 Å². The van der Waals surface area contributed by atoms with Crippen LogP contribution in [-0.2, 0) is 0 Å². The summed E-state index contributed by atoms with van der Waals surface area (Å²) in [5, 5.41) is 9.21. The van der Waals surface area contributed by atoms with E-state index in [-0.39, 0.29) is 17.3 Å². The van der Waals surface area contributed by atoms with Gasteiger partial charge >= 0.3 is 11.7 Å². The highest BCUT2D eigenvalue weighted by molar-refractivity contribution is 7.12. The van der Waals surface area contributed by atoms with Gasteiger partial charge in [-0.15, -0.1) is 11.3 Å². The Kier molecular flexibility index (Phi) is 3.17. The minimum Gasteiger partial charge on any atom is -0.478 e. The molecule has 5 nitrogen and oxygen atoms in total. The monoisotopic (exact) mass is 302 g/mol. The van der Waals surface area contributed by atoms with Crippen molar-refractivity contribution in [3.8, 4) is 0 Å². The molecule has 108 valence electrons. The third-order valence-electron chi connectivity index (χ3n) is 3.54. The van der Waals surface area contributed by atoms with Crippen molar-refractivity contribution in [1.29, 1.82) is 0 Å². The van der Waals surface area contributed by atoms with Gasteiger partial charge < -0.3 is 10.1 Å². The van der Waals surface area contributed by atoms with Crippen LogP contribution in [0.25, 0.3) is 11.0 Å². The number of para-hydroxylation sites is 1. The number of rotatable bonds is 3. The lowest BCUT2D eigenvalue weighted by atomic mass is 10.1. The van der Waals surface area contributed by atoms with Crippen molar-refractivity contribution in [3.63, 3.8) is 0 Å². The predicted octanol–water partition coefficient (Wildman–Crippen LogP) is 3.01. The maximum Gasteiger partial charge on any atom is 0.337 e. The lowest BCUT2D eigenvalue weighted by molar-refractivity contribution is 0.0699. The third-order valence-corrected chi connectivity index (χ3v) is 4.71. The molecule has 0 aliphatic carbocycles. The van der Waals surface area contributed by atoms with E-state index in [4.69, 9.17) is 0 Å². The fraction of sp³-hybridized carbons (Fsp3) is 0.200. The molecule has 1 atom stereocenters. The SMILES string of the molecule is Cc1ccc(C(C)n2c(=O)[nH]c3c(C(=O)O)cccc32)s1. The molecule has 0 radical (unpaired) electrons. The summed E-state index contributed by atoms with van der Waals surface area (Å²) in [6.45, 7) is 3.95. The molecule has 6 heteroatoms. The van der Waals surface area contributed by atoms with Gasteiger partial charge in [0.25, 0.3) is 0 Å². The normalized spacial score (nSPS) is 12.7. The Morgan fingerprint density at radius 1 is 1.33 bits per heavy atom. The highest BCUT2D eigenvalue weighted by atomic mass is 32.1. The summed E-state index contributed by atoms with van der Waals surface area (Å²) in [5.74, 6) is -1.05. The van der Waals surface area contributed by atoms with Crippen molar-refractivity contribution in [2.75, 3.05) is 0 Å². The number of aromatic carboxylic acids is 1. The molecule has 0 saturated carbocycles. The second-order valence-electron chi connectivity index (χ2n) is 4.93. The number of aromatic amines is 1. The Hall–Kier alpha value is -2.34. The van der Waals surface area contributed by atoms with Gasteiger partial charge in [-0.25, -0.2) is 9.59 Å². The maximum atomic E-state index is 12.3. The number of benzene rings is 1. The van der Waals surface area contributed by atoms with E-state index in [2.05, 4.69) is 4.98 Å². The number of thiophene rings is 1. The molecule has 2 N–H and O–H groups in total. The Bertz CT molecular complexity index is 888. The average molecular weight is 302 g/mol. The summed E-state index contributed by atoms with van der Waals surface area (Å²) in [6, 6.07) is 8.77. The van der Waals surface area contributed by atoms with Crippen molar-refractivity contribution < 1.29 is 9.90 Å². The second-order valence-corrected chi connectivity index (χ2v) is 6.25. The number of fused-ring (bicyclic) bond motifs is 1. The quantitative estimate of drug-likeness (QED) is 0.781. The van der Waals surface area contributed by atoms with Crippen molar-refractivity contribution in [2.45, 2.75) is 19.9 Å². The van der Waals surface area contributed by atoms with Crippen LogP contribution in [0, 0.1) is 6.92 Å². The minimum absolute atomic E-state index is 0.109. The van der Waals surface area contributed by atoms with Crippen LogP contribution >= 0.6 is 11.3 Å². The van der Waals surface area contributed by atoms with Gasteiger partial charge in [-0.1, -0.05) is 6.07 Å². The lowest BCUT2D eigenvalue weighted by Gasteiger charge is -2.11. The molecule has 3 rings (SSSR count). The molecule has 2 heterocycles. The molecule has 0 aliphatic heterocycles. The van der Waals surface area contributed by atoms with E-state index in [1.165, 1.54) is 10.9 Å². The van der Waals surface area contributed by atoms with E-state index in [1.54, 1.807) is 28.0 Å². The van der Waals surface area contributed by atoms with E-state index in [0.29, 0.717) is 11.0 Å². The first-order valence-electron chi connectivity index (χ1n) is 6.52. The number of carbonyl (C=O) groups is 1. The zero-order valence-corrected chi connectivity index (χ0v) is 12.4. The number of hydrogen-bond acceptors (Lipinski definition) is 3. The molecule has 1 unspecified atom stereocenters. The summed E-state index contributed by atoms with van der Waals surface area (Å²) < 4.78 is 1.60. The van der Waals surface area contributed by atoms with Crippen molar-refractivity contribution >= 4 is 28.3 Å². The van der Waals surface area contributed by atoms with Gasteiger partial charge in [0.2, 0.25) is 0 Å². The molecule has 0 saturated heterocycles. The molecule has 0 aliphatic rings. The van der Waals surface area contributed by atoms with Gasteiger partial charge in [-0.05, 0) is 38.1 Å². The molecule has 0 amide bonds. The number of aryl methyl sites for hydroxylation is 1. The topological polar surface area (TPSA) is 75.1 Å². The summed E-state index contributed by atoms with van der Waals surface area (Å²) in [7, 11) is 0. The van der Waals surface area contributed by atoms with E-state index >= 15 is 0 Å². The lowest BCUT2D eigenvalue weighted by Crippen LogP contribution is -2.20. The standard InChI is InChI=1S/C15H14N2O3S/c1-8-6-7-12(21-8)9(2)17-11-5-3-4-10(14(18)19)13(11)16-15(17)20/h3-7,9H,1-2H3,(H,16,20)(H,18,19). The van der Waals surface area contributed by atoms with Gasteiger partial charge in [0.05, 0.1) is 22.6 Å². The first-order valence-corrected chi connectivity index (χ1v) is 7.33. The van der Waals surface area contributed by atoms with Crippen LogP contribution in [0.4, 0.5) is 0 Å². The molecule has 0 fully saturated rings. The Labute approximate surface area is 124 Å². The van der Waals surface area contributed by atoms with Crippen LogP contribution in [0.2, 0.25) is 0 Å². The van der Waals surface area contributed by atoms with Crippen LogP contribution in [0.5, 0.6) is 0 Å². The van der Waals surface area contributed by atoms with Gasteiger partial charge in [0.1, 0.15) is 0 Å². The van der Waals surface area contributed by atoms with E-state index < -0.39 is 5.97 Å². The average Bonchev–Trinajstić information content (AvgIpc) is 3.00. The Morgan fingerprint density at radius 3 is 2.71 bits per heavy atom. The summed E-state index contributed by atoms with van der Waals surface area (Å²) in [6.07, 6.45) is 0. The minimum atomic E-state index is -1.05. The number of aromatic nitrogens is 2. The number of H-pyrrole nitrogens is 1. The van der Waals surface area contributed by atoms with Crippen LogP contribution < -0.4 is 5.69 Å². The van der Waals surface area contributed by atoms with Gasteiger partial charge in [0, 0.05) is 9.75 Å². The first kappa shape index (κ1) is 13.6. The molecule has 0 spiro atoms. The van der Waals surface area contributed by atoms with Gasteiger partial charge in [0.15, 0.2) is 0 Å². The van der Waals surface area contributed by atoms with Crippen molar-refractivity contribution in [2.24, 2.45) is 0 Å². The predicted molar refractivity (Wildman–Crippen MR) is 82.4 cm³/mol. The largest absolute Gasteiger partial charge is 0.478 e. The number of carboxylic acids is 1. The fourth-order valence-electron chi connectivity index (χ4n) is 2.52. The van der Waals surface area contributed by atoms with Gasteiger partial charge in [-0.3, -0.25) is 4.57 Å². The number of nitrogens with zero attached hydrogens (tertiary/aromatic N) is 1. The Balaban J connectivity index is 2.24. The first-order chi connectivity index (χ1) is 9.99. The third kappa shape index (κ3) is 2.17. The summed E-state index contributed by atoms with van der Waals surface area (Å²) in [4.78, 5) is 28.4. The van der Waals surface area contributed by atoms with Crippen LogP contribution in [0.3, 0.4) is 0 Å². The highest BCUT2D eigenvalue weighted by Crippen LogP contribution is 2.27. The Morgan fingerprint density at radius 2 is 2.10 bits per heavy atom. The maximum absolute atomic E-state index is 12.3. The number of imidazole rings is 1. The van der Waals surface area contributed by atoms with E-state index in [9.17, 15) is 14.7 Å². The fourth-order valence-corrected chi connectivity index (χ4v) is 3.44. The molecular formula is C15H14N2O3S. The van der Waals surface area contributed by atoms with Crippen molar-refractivity contribution in [1.82, 2.24) is 9.55 Å². The molecule has 3 aromatic rings. The smallest absolute Gasteiger partial charge is 0.337 e. The van der Waals surface area contributed by atoms with Crippen LogP contribution in [0.1, 0.15) is 33.1 Å². The zero-order valence-electron chi connectivity index (χ0n) is 11.6. The van der Waals surface area contributed by atoms with Gasteiger partial charge in [-0.2, -0.15) is 0 Å². The van der Waals surface area contributed by atoms with E-state index in [0.717, 1.165) is 4.88 Å². The molecular weight excluding hydrogens is 288 g/mol. The highest BCUT2D eigenvalue weighted by Gasteiger charge is 2.19. The van der Waals surface area contributed by atoms with E-state index in [1.807, 2.05) is 26.0 Å². The molecule has 21 heavy (non-hydrogen) atoms. The summed E-state index contributed by atoms with van der Waals surface area (Å²) in [5.41, 5.74) is 0.795. The summed E-state index contributed by atoms with van der Waals surface area (Å²) >= 11 is 1.63.